The minimum Gasteiger partial charge on any atom is -0.257 e. The third kappa shape index (κ3) is 21.6. The molecule has 0 bridgehead atoms. The molecule has 248 valence electrons. The van der Waals surface area contributed by atoms with Crippen molar-refractivity contribution in [1.82, 2.24) is 0 Å². The number of unbranched alkanes of at least 4 members (excludes halogenated alkanes) is 1. The van der Waals surface area contributed by atoms with Crippen LogP contribution in [-0.2, 0) is 0 Å². The molecule has 0 saturated heterocycles. The number of allylic oxidation sites excluding steroid dienone is 3. The van der Waals surface area contributed by atoms with Crippen LogP contribution in [0.3, 0.4) is 0 Å². The van der Waals surface area contributed by atoms with Gasteiger partial charge in [0.2, 0.25) is 0 Å². The van der Waals surface area contributed by atoms with E-state index in [2.05, 4.69) is 104 Å². The second kappa shape index (κ2) is 35.5. The fourth-order valence-corrected chi connectivity index (χ4v) is 3.32. The van der Waals surface area contributed by atoms with Crippen molar-refractivity contribution in [1.29, 1.82) is 0 Å². The number of aliphatic imine (C=N–C) groups is 1. The van der Waals surface area contributed by atoms with Gasteiger partial charge in [-0.1, -0.05) is 172 Å². The Bertz CT molecular complexity index is 982. The summed E-state index contributed by atoms with van der Waals surface area (Å²) in [5, 5.41) is 0. The quantitative estimate of drug-likeness (QED) is 0.327. The van der Waals surface area contributed by atoms with Gasteiger partial charge in [0.1, 0.15) is 0 Å². The Morgan fingerprint density at radius 3 is 1.49 bits per heavy atom. The van der Waals surface area contributed by atoms with Gasteiger partial charge in [0, 0.05) is 17.7 Å². The van der Waals surface area contributed by atoms with Crippen molar-refractivity contribution in [3.63, 3.8) is 0 Å². The Labute approximate surface area is 272 Å². The Hall–Kier alpha value is -2.67. The Morgan fingerprint density at radius 1 is 0.698 bits per heavy atom. The summed E-state index contributed by atoms with van der Waals surface area (Å²) in [7, 11) is 0. The minimum atomic E-state index is 0.891. The maximum absolute atomic E-state index is 4.97. The number of rotatable bonds is 5. The molecule has 0 saturated carbocycles. The van der Waals surface area contributed by atoms with E-state index in [9.17, 15) is 0 Å². The molecule has 0 aliphatic carbocycles. The second-order valence-corrected chi connectivity index (χ2v) is 8.95. The summed E-state index contributed by atoms with van der Waals surface area (Å²) in [5.74, 6) is 0. The molecule has 2 aromatic rings. The maximum Gasteiger partial charge on any atom is 0.0707 e. The van der Waals surface area contributed by atoms with Gasteiger partial charge in [-0.25, -0.2) is 0 Å². The highest BCUT2D eigenvalue weighted by atomic mass is 14.8. The van der Waals surface area contributed by atoms with Gasteiger partial charge in [-0.15, -0.1) is 0 Å². The van der Waals surface area contributed by atoms with Crippen molar-refractivity contribution < 1.29 is 0 Å². The molecule has 0 radical (unpaired) electrons. The molecule has 0 spiro atoms. The molecule has 0 amide bonds. The average Bonchev–Trinajstić information content (AvgIpc) is 3.25. The van der Waals surface area contributed by atoms with Crippen LogP contribution in [0.25, 0.3) is 22.8 Å². The highest BCUT2D eigenvalue weighted by Crippen LogP contribution is 2.36. The molecule has 3 rings (SSSR count). The lowest BCUT2D eigenvalue weighted by Gasteiger charge is -2.11. The SMILES string of the molecule is C=C(C)C1=Cc2cc(C)c(-c3ccc(C(=C)C)cc3)cc2N=C(CC)C1.CC.CC.CC.CC.CC.CCC.CCCC. The zero-order valence-electron chi connectivity index (χ0n) is 32.4. The molecular formula is C42H75N. The standard InChI is InChI=1S/C25H27N.C4H10.C3H8.5C2H6/c1-7-23-14-21(17(4)5)13-22-12-18(6)24(15-25(22)26-23)20-10-8-19(9-11-20)16(2)3;1-3-4-2;1-3-2;5*1-2/h8-13,15H,2,4,7,14H2,1,3,5-6H3;3-4H2,1-2H3;3H2,1-2H3;5*1-2H3. The van der Waals surface area contributed by atoms with E-state index in [0.717, 1.165) is 29.7 Å². The fraction of sp³-hybridized carbons (Fsp3) is 0.548. The van der Waals surface area contributed by atoms with Crippen molar-refractivity contribution in [2.24, 2.45) is 4.99 Å². The van der Waals surface area contributed by atoms with E-state index in [1.807, 2.05) is 76.2 Å². The van der Waals surface area contributed by atoms with Crippen LogP contribution in [-0.4, -0.2) is 5.71 Å². The van der Waals surface area contributed by atoms with Gasteiger partial charge in [-0.05, 0) is 73.2 Å². The molecule has 0 unspecified atom stereocenters. The van der Waals surface area contributed by atoms with Gasteiger partial charge in [0.15, 0.2) is 0 Å². The molecule has 0 atom stereocenters. The molecule has 1 nitrogen and oxygen atoms in total. The zero-order valence-corrected chi connectivity index (χ0v) is 32.4. The van der Waals surface area contributed by atoms with E-state index >= 15 is 0 Å². The van der Waals surface area contributed by atoms with Gasteiger partial charge in [0.05, 0.1) is 5.69 Å². The second-order valence-electron chi connectivity index (χ2n) is 8.95. The van der Waals surface area contributed by atoms with E-state index < -0.39 is 0 Å². The zero-order chi connectivity index (χ0) is 35.0. The van der Waals surface area contributed by atoms with E-state index in [1.54, 1.807) is 0 Å². The number of hydrogen-bond acceptors (Lipinski definition) is 1. The lowest BCUT2D eigenvalue weighted by molar-refractivity contribution is 0.886. The van der Waals surface area contributed by atoms with Crippen LogP contribution in [0.5, 0.6) is 0 Å². The van der Waals surface area contributed by atoms with E-state index in [-0.39, 0.29) is 0 Å². The summed E-state index contributed by atoms with van der Waals surface area (Å²) in [6.45, 7) is 45.2. The molecule has 1 heterocycles. The van der Waals surface area contributed by atoms with Crippen LogP contribution in [0.15, 0.2) is 65.7 Å². The van der Waals surface area contributed by atoms with Crippen LogP contribution in [0.2, 0.25) is 0 Å². The number of fused-ring (bicyclic) bond motifs is 1. The first-order valence-electron chi connectivity index (χ1n) is 17.6. The molecule has 0 aromatic heterocycles. The molecule has 1 aliphatic heterocycles. The first-order valence-corrected chi connectivity index (χ1v) is 17.6. The summed E-state index contributed by atoms with van der Waals surface area (Å²) < 4.78 is 0. The Balaban J connectivity index is -0.000000240. The third-order valence-corrected chi connectivity index (χ3v) is 5.52. The topological polar surface area (TPSA) is 12.4 Å². The largest absolute Gasteiger partial charge is 0.257 e. The average molecular weight is 594 g/mol. The van der Waals surface area contributed by atoms with Crippen molar-refractivity contribution in [3.05, 3.63) is 77.4 Å². The molecule has 1 heteroatoms. The normalized spacial score (nSPS) is 9.91. The lowest BCUT2D eigenvalue weighted by atomic mass is 9.94. The van der Waals surface area contributed by atoms with Crippen molar-refractivity contribution in [2.45, 2.75) is 157 Å². The number of hydrogen-bond donors (Lipinski definition) is 0. The highest BCUT2D eigenvalue weighted by Gasteiger charge is 2.14. The number of nitrogens with zero attached hydrogens (tertiary/aromatic N) is 1. The monoisotopic (exact) mass is 594 g/mol. The fourth-order valence-electron chi connectivity index (χ4n) is 3.32. The predicted molar refractivity (Wildman–Crippen MR) is 209 cm³/mol. The van der Waals surface area contributed by atoms with E-state index in [0.29, 0.717) is 0 Å². The molecular weight excluding hydrogens is 518 g/mol. The molecule has 43 heavy (non-hydrogen) atoms. The van der Waals surface area contributed by atoms with Gasteiger partial charge in [-0.3, -0.25) is 4.99 Å². The Morgan fingerprint density at radius 2 is 1.14 bits per heavy atom. The van der Waals surface area contributed by atoms with Crippen LogP contribution in [0.4, 0.5) is 5.69 Å². The summed E-state index contributed by atoms with van der Waals surface area (Å²) in [6.07, 6.45) is 7.99. The minimum absolute atomic E-state index is 0.891. The molecule has 2 aromatic carbocycles. The predicted octanol–water partition coefficient (Wildman–Crippen LogP) is 15.9. The summed E-state index contributed by atoms with van der Waals surface area (Å²) >= 11 is 0. The van der Waals surface area contributed by atoms with Crippen LogP contribution < -0.4 is 0 Å². The third-order valence-electron chi connectivity index (χ3n) is 5.52. The lowest BCUT2D eigenvalue weighted by Crippen LogP contribution is -1.97. The van der Waals surface area contributed by atoms with Crippen LogP contribution >= 0.6 is 0 Å². The summed E-state index contributed by atoms with van der Waals surface area (Å²) in [4.78, 5) is 4.97. The van der Waals surface area contributed by atoms with Crippen molar-refractivity contribution in [3.8, 4) is 11.1 Å². The van der Waals surface area contributed by atoms with Gasteiger partial charge in [0.25, 0.3) is 0 Å². The highest BCUT2D eigenvalue weighted by molar-refractivity contribution is 5.94. The van der Waals surface area contributed by atoms with Gasteiger partial charge >= 0.3 is 0 Å². The van der Waals surface area contributed by atoms with Crippen LogP contribution in [0.1, 0.15) is 166 Å². The molecule has 0 fully saturated rings. The van der Waals surface area contributed by atoms with Gasteiger partial charge < -0.3 is 0 Å². The van der Waals surface area contributed by atoms with E-state index in [4.69, 9.17) is 4.99 Å². The van der Waals surface area contributed by atoms with Gasteiger partial charge in [-0.2, -0.15) is 0 Å². The first-order chi connectivity index (χ1) is 20.7. The van der Waals surface area contributed by atoms with E-state index in [1.165, 1.54) is 58.4 Å². The Kier molecular flexibility index (Phi) is 41.3. The maximum atomic E-state index is 4.97. The first kappa shape index (κ1) is 50.0. The smallest absolute Gasteiger partial charge is 0.0707 e. The number of benzene rings is 2. The summed E-state index contributed by atoms with van der Waals surface area (Å²) in [6, 6.07) is 13.1. The van der Waals surface area contributed by atoms with Crippen molar-refractivity contribution >= 4 is 23.0 Å². The van der Waals surface area contributed by atoms with Crippen molar-refractivity contribution in [2.75, 3.05) is 0 Å². The molecule has 0 N–H and O–H groups in total. The van der Waals surface area contributed by atoms with Crippen LogP contribution in [0, 0.1) is 6.92 Å². The number of aryl methyl sites for hydroxylation is 1. The summed E-state index contributed by atoms with van der Waals surface area (Å²) in [5.41, 5.74) is 11.9. The molecule has 1 aliphatic rings.